The van der Waals surface area contributed by atoms with E-state index in [0.29, 0.717) is 17.5 Å². The second-order valence-corrected chi connectivity index (χ2v) is 8.13. The molecule has 7 nitrogen and oxygen atoms in total. The molecule has 2 heterocycles. The van der Waals surface area contributed by atoms with E-state index >= 15 is 0 Å². The van der Waals surface area contributed by atoms with Crippen molar-refractivity contribution in [1.29, 1.82) is 0 Å². The van der Waals surface area contributed by atoms with Gasteiger partial charge in [-0.2, -0.15) is 0 Å². The van der Waals surface area contributed by atoms with Gasteiger partial charge < -0.3 is 14.5 Å². The molecule has 0 aliphatic rings. The van der Waals surface area contributed by atoms with Crippen LogP contribution in [0.25, 0.3) is 11.4 Å². The number of methoxy groups -OCH3 is 1. The number of rotatable bonds is 9. The van der Waals surface area contributed by atoms with Gasteiger partial charge in [0.15, 0.2) is 11.0 Å². The second-order valence-electron chi connectivity index (χ2n) is 7.19. The van der Waals surface area contributed by atoms with Crippen molar-refractivity contribution in [3.63, 3.8) is 0 Å². The lowest BCUT2D eigenvalue weighted by molar-refractivity contribution is -0.119. The fourth-order valence-electron chi connectivity index (χ4n) is 3.31. The Labute approximate surface area is 190 Å². The molecule has 1 N–H and O–H groups in total. The molecule has 0 aliphatic carbocycles. The molecule has 2 aromatic heterocycles. The molecule has 4 rings (SSSR count). The van der Waals surface area contributed by atoms with Crippen LogP contribution in [-0.2, 0) is 11.3 Å². The largest absolute Gasteiger partial charge is 0.497 e. The Balaban J connectivity index is 1.51. The molecule has 1 amide bonds. The van der Waals surface area contributed by atoms with Crippen LogP contribution in [0.2, 0.25) is 0 Å². The highest BCUT2D eigenvalue weighted by Gasteiger charge is 2.18. The Morgan fingerprint density at radius 2 is 1.97 bits per heavy atom. The van der Waals surface area contributed by atoms with E-state index < -0.39 is 0 Å². The number of amides is 1. The Morgan fingerprint density at radius 3 is 2.72 bits per heavy atom. The molecule has 0 spiro atoms. The maximum absolute atomic E-state index is 12.6. The number of ether oxygens (including phenoxy) is 1. The van der Waals surface area contributed by atoms with Gasteiger partial charge in [0.25, 0.3) is 0 Å². The monoisotopic (exact) mass is 448 g/mol. The van der Waals surface area contributed by atoms with Gasteiger partial charge in [-0.1, -0.05) is 54.2 Å². The maximum Gasteiger partial charge on any atom is 0.230 e. The molecule has 164 valence electrons. The van der Waals surface area contributed by atoms with E-state index in [4.69, 9.17) is 9.15 Å². The molecule has 0 radical (unpaired) electrons. The fourth-order valence-corrected chi connectivity index (χ4v) is 4.06. The van der Waals surface area contributed by atoms with Gasteiger partial charge in [0, 0.05) is 5.56 Å². The highest BCUT2D eigenvalue weighted by Crippen LogP contribution is 2.27. The summed E-state index contributed by atoms with van der Waals surface area (Å²) < 4.78 is 12.8. The number of carbonyl (C=O) groups excluding carboxylic acids is 1. The van der Waals surface area contributed by atoms with Gasteiger partial charge in [-0.05, 0) is 36.8 Å². The maximum atomic E-state index is 12.6. The summed E-state index contributed by atoms with van der Waals surface area (Å²) in [6.07, 6.45) is 1.64. The van der Waals surface area contributed by atoms with Crippen LogP contribution in [0.5, 0.6) is 5.75 Å². The van der Waals surface area contributed by atoms with Crippen molar-refractivity contribution in [2.75, 3.05) is 12.9 Å². The van der Waals surface area contributed by atoms with Gasteiger partial charge >= 0.3 is 0 Å². The van der Waals surface area contributed by atoms with Gasteiger partial charge in [-0.15, -0.1) is 10.2 Å². The third kappa shape index (κ3) is 5.20. The van der Waals surface area contributed by atoms with Crippen molar-refractivity contribution in [2.24, 2.45) is 0 Å². The summed E-state index contributed by atoms with van der Waals surface area (Å²) in [5.74, 6) is 2.35. The van der Waals surface area contributed by atoms with E-state index in [0.717, 1.165) is 22.6 Å². The molecule has 0 saturated carbocycles. The summed E-state index contributed by atoms with van der Waals surface area (Å²) in [5.41, 5.74) is 1.93. The van der Waals surface area contributed by atoms with E-state index in [1.54, 1.807) is 13.4 Å². The first kappa shape index (κ1) is 21.7. The van der Waals surface area contributed by atoms with Crippen LogP contribution in [0.15, 0.2) is 82.6 Å². The van der Waals surface area contributed by atoms with Gasteiger partial charge in [-0.3, -0.25) is 9.36 Å². The highest BCUT2D eigenvalue weighted by molar-refractivity contribution is 7.99. The Kier molecular flexibility index (Phi) is 6.91. The number of aromatic nitrogens is 3. The lowest BCUT2D eigenvalue weighted by Gasteiger charge is -2.14. The molecule has 0 fully saturated rings. The van der Waals surface area contributed by atoms with Gasteiger partial charge in [0.2, 0.25) is 5.91 Å². The molecular formula is C24H24N4O3S. The topological polar surface area (TPSA) is 82.2 Å². The first-order valence-electron chi connectivity index (χ1n) is 10.2. The molecular weight excluding hydrogens is 424 g/mol. The van der Waals surface area contributed by atoms with E-state index in [9.17, 15) is 4.79 Å². The lowest BCUT2D eigenvalue weighted by Crippen LogP contribution is -2.28. The molecule has 0 saturated heterocycles. The molecule has 8 heteroatoms. The number of furan rings is 1. The summed E-state index contributed by atoms with van der Waals surface area (Å²) in [5, 5.41) is 12.4. The van der Waals surface area contributed by atoms with Crippen LogP contribution in [0, 0.1) is 0 Å². The summed E-state index contributed by atoms with van der Waals surface area (Å²) >= 11 is 1.34. The fraction of sp³-hybridized carbons (Fsp3) is 0.208. The van der Waals surface area contributed by atoms with Crippen molar-refractivity contribution < 1.29 is 13.9 Å². The Morgan fingerprint density at radius 1 is 1.12 bits per heavy atom. The predicted molar refractivity (Wildman–Crippen MR) is 124 cm³/mol. The van der Waals surface area contributed by atoms with Crippen molar-refractivity contribution in [2.45, 2.75) is 24.7 Å². The van der Waals surface area contributed by atoms with Crippen LogP contribution >= 0.6 is 11.8 Å². The van der Waals surface area contributed by atoms with Crippen molar-refractivity contribution in [3.8, 4) is 17.1 Å². The minimum absolute atomic E-state index is 0.0677. The molecule has 0 aliphatic heterocycles. The average Bonchev–Trinajstić information content (AvgIpc) is 3.48. The quantitative estimate of drug-likeness (QED) is 0.378. The third-order valence-corrected chi connectivity index (χ3v) is 5.92. The SMILES string of the molecule is COc1cccc(-c2nnc(SCC(=O)NC(C)c3ccccc3)n2Cc2ccco2)c1. The molecule has 1 unspecified atom stereocenters. The second kappa shape index (κ2) is 10.2. The first-order chi connectivity index (χ1) is 15.6. The van der Waals surface area contributed by atoms with E-state index in [1.165, 1.54) is 11.8 Å². The van der Waals surface area contributed by atoms with Crippen LogP contribution in [0.4, 0.5) is 0 Å². The predicted octanol–water partition coefficient (Wildman–Crippen LogP) is 4.56. The zero-order chi connectivity index (χ0) is 22.3. The molecule has 4 aromatic rings. The zero-order valence-electron chi connectivity index (χ0n) is 17.9. The highest BCUT2D eigenvalue weighted by atomic mass is 32.2. The number of hydrogen-bond acceptors (Lipinski definition) is 6. The molecule has 32 heavy (non-hydrogen) atoms. The smallest absolute Gasteiger partial charge is 0.230 e. The minimum atomic E-state index is -0.0716. The average molecular weight is 449 g/mol. The van der Waals surface area contributed by atoms with E-state index in [-0.39, 0.29) is 17.7 Å². The van der Waals surface area contributed by atoms with Crippen molar-refractivity contribution in [1.82, 2.24) is 20.1 Å². The summed E-state index contributed by atoms with van der Waals surface area (Å²) in [4.78, 5) is 12.6. The molecule has 2 aromatic carbocycles. The molecule has 0 bridgehead atoms. The van der Waals surface area contributed by atoms with Crippen molar-refractivity contribution in [3.05, 3.63) is 84.3 Å². The number of thioether (sulfide) groups is 1. The number of nitrogens with zero attached hydrogens (tertiary/aromatic N) is 3. The van der Waals surface area contributed by atoms with Crippen LogP contribution < -0.4 is 10.1 Å². The van der Waals surface area contributed by atoms with E-state index in [1.807, 2.05) is 78.2 Å². The number of carbonyl (C=O) groups is 1. The lowest BCUT2D eigenvalue weighted by atomic mass is 10.1. The van der Waals surface area contributed by atoms with Crippen molar-refractivity contribution >= 4 is 17.7 Å². The normalized spacial score (nSPS) is 11.8. The van der Waals surface area contributed by atoms with E-state index in [2.05, 4.69) is 15.5 Å². The molecule has 1 atom stereocenters. The number of hydrogen-bond donors (Lipinski definition) is 1. The summed E-state index contributed by atoms with van der Waals surface area (Å²) in [6, 6.07) is 21.2. The Bertz CT molecular complexity index is 1160. The number of benzene rings is 2. The van der Waals surface area contributed by atoms with Crippen LogP contribution in [0.3, 0.4) is 0 Å². The van der Waals surface area contributed by atoms with Crippen LogP contribution in [0.1, 0.15) is 24.3 Å². The third-order valence-electron chi connectivity index (χ3n) is 4.95. The Hall–Kier alpha value is -3.52. The summed E-state index contributed by atoms with van der Waals surface area (Å²) in [6.45, 7) is 2.43. The zero-order valence-corrected chi connectivity index (χ0v) is 18.7. The van der Waals surface area contributed by atoms with Crippen LogP contribution in [-0.4, -0.2) is 33.5 Å². The van der Waals surface area contributed by atoms with Gasteiger partial charge in [0.05, 0.1) is 31.7 Å². The number of nitrogens with one attached hydrogen (secondary N) is 1. The van der Waals surface area contributed by atoms with Gasteiger partial charge in [0.1, 0.15) is 11.5 Å². The van der Waals surface area contributed by atoms with Gasteiger partial charge in [-0.25, -0.2) is 0 Å². The first-order valence-corrected chi connectivity index (χ1v) is 11.2. The summed E-state index contributed by atoms with van der Waals surface area (Å²) in [7, 11) is 1.63. The minimum Gasteiger partial charge on any atom is -0.497 e. The standard InChI is InChI=1S/C24H24N4O3S/c1-17(18-8-4-3-5-9-18)25-22(29)16-32-24-27-26-23(19-10-6-11-20(14-19)30-2)28(24)15-21-12-7-13-31-21/h3-14,17H,15-16H2,1-2H3,(H,25,29).